The normalized spacial score (nSPS) is 32.4. The SMILES string of the molecule is CC1(C)C(C(N)CC2CCC2)C1(C)C. The maximum absolute atomic E-state index is 6.34. The third-order valence-electron chi connectivity index (χ3n) is 5.39. The van der Waals surface area contributed by atoms with Crippen molar-refractivity contribution < 1.29 is 0 Å². The lowest BCUT2D eigenvalue weighted by molar-refractivity contribution is 0.257. The average Bonchev–Trinajstić information content (AvgIpc) is 2.34. The largest absolute Gasteiger partial charge is 0.327 e. The number of nitrogens with two attached hydrogens (primary N) is 1. The highest BCUT2D eigenvalue weighted by Crippen LogP contribution is 2.69. The summed E-state index contributed by atoms with van der Waals surface area (Å²) in [5, 5.41) is 0. The zero-order valence-electron chi connectivity index (χ0n) is 10.1. The molecule has 0 saturated heterocycles. The van der Waals surface area contributed by atoms with Gasteiger partial charge in [0, 0.05) is 6.04 Å². The predicted molar refractivity (Wildman–Crippen MR) is 61.0 cm³/mol. The molecule has 2 fully saturated rings. The van der Waals surface area contributed by atoms with E-state index in [1.165, 1.54) is 25.7 Å². The number of hydrogen-bond donors (Lipinski definition) is 1. The van der Waals surface area contributed by atoms with Crippen LogP contribution in [0.2, 0.25) is 0 Å². The summed E-state index contributed by atoms with van der Waals surface area (Å²) in [6, 6.07) is 0.449. The van der Waals surface area contributed by atoms with Crippen molar-refractivity contribution in [1.29, 1.82) is 0 Å². The van der Waals surface area contributed by atoms with Gasteiger partial charge in [0.25, 0.3) is 0 Å². The maximum atomic E-state index is 6.34. The van der Waals surface area contributed by atoms with Gasteiger partial charge < -0.3 is 5.73 Å². The molecule has 0 aromatic carbocycles. The molecule has 1 nitrogen and oxygen atoms in total. The van der Waals surface area contributed by atoms with Gasteiger partial charge in [-0.05, 0) is 29.1 Å². The summed E-state index contributed by atoms with van der Waals surface area (Å²) < 4.78 is 0. The van der Waals surface area contributed by atoms with Gasteiger partial charge in [-0.2, -0.15) is 0 Å². The Labute approximate surface area is 88.4 Å². The molecule has 2 N–H and O–H groups in total. The van der Waals surface area contributed by atoms with E-state index in [4.69, 9.17) is 5.73 Å². The van der Waals surface area contributed by atoms with Crippen molar-refractivity contribution in [3.05, 3.63) is 0 Å². The summed E-state index contributed by atoms with van der Waals surface area (Å²) in [6.07, 6.45) is 5.58. The van der Waals surface area contributed by atoms with Gasteiger partial charge >= 0.3 is 0 Å². The van der Waals surface area contributed by atoms with E-state index >= 15 is 0 Å². The van der Waals surface area contributed by atoms with Gasteiger partial charge in [0.1, 0.15) is 0 Å². The average molecular weight is 195 g/mol. The highest BCUT2D eigenvalue weighted by atomic mass is 14.8. The first-order chi connectivity index (χ1) is 6.37. The lowest BCUT2D eigenvalue weighted by atomic mass is 9.79. The molecule has 0 spiro atoms. The minimum atomic E-state index is 0.449. The Balaban J connectivity index is 1.90. The summed E-state index contributed by atoms with van der Waals surface area (Å²) in [4.78, 5) is 0. The van der Waals surface area contributed by atoms with Crippen molar-refractivity contribution >= 4 is 0 Å². The van der Waals surface area contributed by atoms with Crippen LogP contribution in [0.15, 0.2) is 0 Å². The van der Waals surface area contributed by atoms with Crippen LogP contribution in [0.25, 0.3) is 0 Å². The van der Waals surface area contributed by atoms with Crippen molar-refractivity contribution in [3.8, 4) is 0 Å². The number of hydrogen-bond acceptors (Lipinski definition) is 1. The molecule has 14 heavy (non-hydrogen) atoms. The molecule has 2 rings (SSSR count). The van der Waals surface area contributed by atoms with Crippen LogP contribution in [0.1, 0.15) is 53.4 Å². The molecule has 82 valence electrons. The van der Waals surface area contributed by atoms with Crippen LogP contribution in [0.5, 0.6) is 0 Å². The van der Waals surface area contributed by atoms with Crippen molar-refractivity contribution in [3.63, 3.8) is 0 Å². The summed E-state index contributed by atoms with van der Waals surface area (Å²) in [5.41, 5.74) is 7.28. The van der Waals surface area contributed by atoms with Gasteiger partial charge in [-0.15, -0.1) is 0 Å². The highest BCUT2D eigenvalue weighted by Gasteiger charge is 2.66. The Morgan fingerprint density at radius 2 is 1.64 bits per heavy atom. The first-order valence-corrected chi connectivity index (χ1v) is 6.13. The topological polar surface area (TPSA) is 26.0 Å². The van der Waals surface area contributed by atoms with Crippen LogP contribution in [0, 0.1) is 22.7 Å². The molecule has 1 atom stereocenters. The second-order valence-corrected chi connectivity index (χ2v) is 6.62. The van der Waals surface area contributed by atoms with Crippen molar-refractivity contribution in [2.45, 2.75) is 59.4 Å². The Bertz CT molecular complexity index is 211. The molecule has 0 aromatic heterocycles. The van der Waals surface area contributed by atoms with Crippen LogP contribution in [0.3, 0.4) is 0 Å². The van der Waals surface area contributed by atoms with E-state index in [0.29, 0.717) is 16.9 Å². The van der Waals surface area contributed by atoms with E-state index in [0.717, 1.165) is 11.8 Å². The Hall–Kier alpha value is -0.0400. The zero-order chi connectivity index (χ0) is 10.6. The molecular weight excluding hydrogens is 170 g/mol. The summed E-state index contributed by atoms with van der Waals surface area (Å²) in [5.74, 6) is 1.70. The van der Waals surface area contributed by atoms with Crippen LogP contribution in [-0.2, 0) is 0 Å². The summed E-state index contributed by atoms with van der Waals surface area (Å²) in [7, 11) is 0. The monoisotopic (exact) mass is 195 g/mol. The highest BCUT2D eigenvalue weighted by molar-refractivity contribution is 5.15. The van der Waals surface area contributed by atoms with Gasteiger partial charge in [-0.1, -0.05) is 47.0 Å². The first kappa shape index (κ1) is 10.5. The smallest absolute Gasteiger partial charge is 0.00804 e. The minimum Gasteiger partial charge on any atom is -0.327 e. The fourth-order valence-electron chi connectivity index (χ4n) is 3.57. The second kappa shape index (κ2) is 2.98. The molecule has 0 bridgehead atoms. The molecule has 0 aliphatic heterocycles. The van der Waals surface area contributed by atoms with Crippen LogP contribution in [0.4, 0.5) is 0 Å². The molecule has 0 aromatic rings. The lowest BCUT2D eigenvalue weighted by Gasteiger charge is -2.28. The molecule has 2 aliphatic rings. The fourth-order valence-corrected chi connectivity index (χ4v) is 3.57. The van der Waals surface area contributed by atoms with Gasteiger partial charge in [-0.25, -0.2) is 0 Å². The Morgan fingerprint density at radius 1 is 1.14 bits per heavy atom. The second-order valence-electron chi connectivity index (χ2n) is 6.62. The quantitative estimate of drug-likeness (QED) is 0.735. The standard InChI is InChI=1S/C13H25N/c1-12(2)11(13(12,3)4)10(14)8-9-6-5-7-9/h9-11H,5-8,14H2,1-4H3. The van der Waals surface area contributed by atoms with E-state index in [1.807, 2.05) is 0 Å². The molecule has 0 radical (unpaired) electrons. The van der Waals surface area contributed by atoms with E-state index < -0.39 is 0 Å². The fraction of sp³-hybridized carbons (Fsp3) is 1.00. The van der Waals surface area contributed by atoms with E-state index in [-0.39, 0.29) is 0 Å². The molecule has 0 heterocycles. The summed E-state index contributed by atoms with van der Waals surface area (Å²) >= 11 is 0. The van der Waals surface area contributed by atoms with E-state index in [1.54, 1.807) is 0 Å². The molecule has 1 heteroatoms. The van der Waals surface area contributed by atoms with Crippen molar-refractivity contribution in [1.82, 2.24) is 0 Å². The van der Waals surface area contributed by atoms with Crippen LogP contribution < -0.4 is 5.73 Å². The van der Waals surface area contributed by atoms with Crippen molar-refractivity contribution in [2.24, 2.45) is 28.4 Å². The van der Waals surface area contributed by atoms with Gasteiger partial charge in [0.05, 0.1) is 0 Å². The maximum Gasteiger partial charge on any atom is 0.00804 e. The van der Waals surface area contributed by atoms with Gasteiger partial charge in [-0.3, -0.25) is 0 Å². The molecule has 2 aliphatic carbocycles. The molecule has 2 saturated carbocycles. The first-order valence-electron chi connectivity index (χ1n) is 6.13. The summed E-state index contributed by atoms with van der Waals surface area (Å²) in [6.45, 7) is 9.49. The number of rotatable bonds is 3. The molecule has 1 unspecified atom stereocenters. The van der Waals surface area contributed by atoms with E-state index in [2.05, 4.69) is 27.7 Å². The molecule has 0 amide bonds. The van der Waals surface area contributed by atoms with Crippen molar-refractivity contribution in [2.75, 3.05) is 0 Å². The Kier molecular flexibility index (Phi) is 2.23. The zero-order valence-corrected chi connectivity index (χ0v) is 10.1. The predicted octanol–water partition coefficient (Wildman–Crippen LogP) is 3.19. The van der Waals surface area contributed by atoms with Crippen LogP contribution in [-0.4, -0.2) is 6.04 Å². The van der Waals surface area contributed by atoms with Gasteiger partial charge in [0.2, 0.25) is 0 Å². The Morgan fingerprint density at radius 3 is 1.93 bits per heavy atom. The molecular formula is C13H25N. The third-order valence-corrected chi connectivity index (χ3v) is 5.39. The minimum absolute atomic E-state index is 0.449. The lowest BCUT2D eigenvalue weighted by Crippen LogP contribution is -2.30. The van der Waals surface area contributed by atoms with Gasteiger partial charge in [0.15, 0.2) is 0 Å². The third kappa shape index (κ3) is 1.32. The van der Waals surface area contributed by atoms with Crippen LogP contribution >= 0.6 is 0 Å². The van der Waals surface area contributed by atoms with E-state index in [9.17, 15) is 0 Å².